The molecule has 0 aromatic carbocycles. The average Bonchev–Trinajstić information content (AvgIpc) is 3.00. The van der Waals surface area contributed by atoms with Crippen LogP contribution in [0.1, 0.15) is 12.8 Å². The van der Waals surface area contributed by atoms with Gasteiger partial charge in [-0.3, -0.25) is 0 Å². The van der Waals surface area contributed by atoms with E-state index in [1.807, 2.05) is 0 Å². The summed E-state index contributed by atoms with van der Waals surface area (Å²) >= 11 is 5.61. The van der Waals surface area contributed by atoms with Crippen LogP contribution in [-0.4, -0.2) is 46.3 Å². The van der Waals surface area contributed by atoms with Crippen LogP contribution in [0.15, 0.2) is 6.20 Å². The number of likely N-dealkylation sites (N-methyl/N-ethyl adjacent to an activating group) is 1. The van der Waals surface area contributed by atoms with Gasteiger partial charge >= 0.3 is 0 Å². The van der Waals surface area contributed by atoms with Crippen molar-refractivity contribution in [3.63, 3.8) is 0 Å². The van der Waals surface area contributed by atoms with Crippen molar-refractivity contribution in [2.24, 2.45) is 0 Å². The normalized spacial score (nSPS) is 15.7. The summed E-state index contributed by atoms with van der Waals surface area (Å²) in [5.74, 6) is 0.680. The minimum Gasteiger partial charge on any atom is -0.367 e. The summed E-state index contributed by atoms with van der Waals surface area (Å²) < 4.78 is 0. The van der Waals surface area contributed by atoms with E-state index in [0.29, 0.717) is 5.82 Å². The number of nitrogens with one attached hydrogen (secondary N) is 1. The molecule has 0 spiro atoms. The van der Waals surface area contributed by atoms with Gasteiger partial charge < -0.3 is 10.2 Å². The second kappa shape index (κ2) is 4.72. The Morgan fingerprint density at radius 3 is 3.07 bits per heavy atom. The molecule has 0 bridgehead atoms. The molecule has 1 aromatic rings. The zero-order valence-electron chi connectivity index (χ0n) is 8.65. The fraction of sp³-hybridized carbons (Fsp3) is 0.667. The highest BCUT2D eigenvalue weighted by molar-refractivity contribution is 6.28. The minimum atomic E-state index is 0.176. The molecule has 0 aliphatic heterocycles. The van der Waals surface area contributed by atoms with Crippen LogP contribution in [0.3, 0.4) is 0 Å². The molecular weight excluding hydrogens is 214 g/mol. The SMILES string of the molecule is CN(CCNc1cnnc(Cl)n1)C1CC1. The Labute approximate surface area is 93.9 Å². The fourth-order valence-electron chi connectivity index (χ4n) is 1.43. The first-order valence-electron chi connectivity index (χ1n) is 5.05. The second-order valence-corrected chi connectivity index (χ2v) is 4.09. The van der Waals surface area contributed by atoms with E-state index < -0.39 is 0 Å². The third kappa shape index (κ3) is 3.28. The molecule has 82 valence electrons. The number of hydrogen-bond donors (Lipinski definition) is 1. The Hall–Kier alpha value is -0.940. The molecule has 15 heavy (non-hydrogen) atoms. The van der Waals surface area contributed by atoms with Crippen molar-refractivity contribution in [2.45, 2.75) is 18.9 Å². The molecule has 1 aromatic heterocycles. The summed E-state index contributed by atoms with van der Waals surface area (Å²) in [5, 5.41) is 10.6. The molecule has 0 amide bonds. The number of hydrogen-bond acceptors (Lipinski definition) is 5. The molecule has 1 N–H and O–H groups in total. The van der Waals surface area contributed by atoms with Crippen LogP contribution < -0.4 is 5.32 Å². The highest BCUT2D eigenvalue weighted by atomic mass is 35.5. The quantitative estimate of drug-likeness (QED) is 0.815. The van der Waals surface area contributed by atoms with Crippen molar-refractivity contribution in [1.29, 1.82) is 0 Å². The Balaban J connectivity index is 1.73. The monoisotopic (exact) mass is 227 g/mol. The summed E-state index contributed by atoms with van der Waals surface area (Å²) in [7, 11) is 2.14. The molecule has 0 saturated heterocycles. The highest BCUT2D eigenvalue weighted by Gasteiger charge is 2.25. The molecular formula is C9H14ClN5. The van der Waals surface area contributed by atoms with Crippen molar-refractivity contribution in [2.75, 3.05) is 25.5 Å². The van der Waals surface area contributed by atoms with Gasteiger partial charge in [-0.1, -0.05) is 0 Å². The summed E-state index contributed by atoms with van der Waals surface area (Å²) in [6.07, 6.45) is 4.23. The number of rotatable bonds is 5. The molecule has 0 atom stereocenters. The van der Waals surface area contributed by atoms with E-state index in [1.165, 1.54) is 12.8 Å². The van der Waals surface area contributed by atoms with E-state index in [4.69, 9.17) is 11.6 Å². The van der Waals surface area contributed by atoms with Crippen LogP contribution in [0.4, 0.5) is 5.82 Å². The number of aromatic nitrogens is 3. The van der Waals surface area contributed by atoms with E-state index in [1.54, 1.807) is 6.20 Å². The largest absolute Gasteiger partial charge is 0.367 e. The Kier molecular flexibility index (Phi) is 3.33. The van der Waals surface area contributed by atoms with Crippen molar-refractivity contribution in [1.82, 2.24) is 20.1 Å². The lowest BCUT2D eigenvalue weighted by Crippen LogP contribution is -2.27. The molecule has 1 saturated carbocycles. The third-order valence-electron chi connectivity index (χ3n) is 2.47. The van der Waals surface area contributed by atoms with E-state index >= 15 is 0 Å². The lowest BCUT2D eigenvalue weighted by atomic mass is 10.5. The van der Waals surface area contributed by atoms with E-state index in [2.05, 4.69) is 32.4 Å². The van der Waals surface area contributed by atoms with Gasteiger partial charge in [0.25, 0.3) is 0 Å². The van der Waals surface area contributed by atoms with Gasteiger partial charge in [0.2, 0.25) is 5.28 Å². The zero-order chi connectivity index (χ0) is 10.7. The van der Waals surface area contributed by atoms with Gasteiger partial charge in [-0.05, 0) is 31.5 Å². The lowest BCUT2D eigenvalue weighted by Gasteiger charge is -2.15. The first kappa shape index (κ1) is 10.6. The molecule has 0 unspecified atom stereocenters. The van der Waals surface area contributed by atoms with Crippen LogP contribution in [0.2, 0.25) is 5.28 Å². The fourth-order valence-corrected chi connectivity index (χ4v) is 1.56. The van der Waals surface area contributed by atoms with Crippen LogP contribution in [0.5, 0.6) is 0 Å². The minimum absolute atomic E-state index is 0.176. The van der Waals surface area contributed by atoms with Gasteiger partial charge in [-0.2, -0.15) is 10.1 Å². The average molecular weight is 228 g/mol. The maximum atomic E-state index is 5.61. The zero-order valence-corrected chi connectivity index (χ0v) is 9.41. The summed E-state index contributed by atoms with van der Waals surface area (Å²) in [6, 6.07) is 0.791. The highest BCUT2D eigenvalue weighted by Crippen LogP contribution is 2.24. The van der Waals surface area contributed by atoms with E-state index in [9.17, 15) is 0 Å². The Bertz CT molecular complexity index is 328. The topological polar surface area (TPSA) is 53.9 Å². The maximum absolute atomic E-state index is 5.61. The number of halogens is 1. The van der Waals surface area contributed by atoms with E-state index in [0.717, 1.165) is 19.1 Å². The van der Waals surface area contributed by atoms with Gasteiger partial charge in [0, 0.05) is 19.1 Å². The van der Waals surface area contributed by atoms with Gasteiger partial charge in [-0.15, -0.1) is 5.10 Å². The maximum Gasteiger partial charge on any atom is 0.244 e. The molecule has 2 rings (SSSR count). The van der Waals surface area contributed by atoms with Crippen LogP contribution >= 0.6 is 11.6 Å². The van der Waals surface area contributed by atoms with Crippen molar-refractivity contribution in [3.05, 3.63) is 11.5 Å². The third-order valence-corrected chi connectivity index (χ3v) is 2.63. The molecule has 1 aliphatic rings. The van der Waals surface area contributed by atoms with Crippen LogP contribution in [0, 0.1) is 0 Å². The molecule has 1 aliphatic carbocycles. The summed E-state index contributed by atoms with van der Waals surface area (Å²) in [4.78, 5) is 6.34. The smallest absolute Gasteiger partial charge is 0.244 e. The first-order chi connectivity index (χ1) is 7.25. The standard InChI is InChI=1S/C9H14ClN5/c1-15(7-2-3-7)5-4-11-8-6-12-14-9(10)13-8/h6-7H,2-5H2,1H3,(H,11,13,14). The van der Waals surface area contributed by atoms with Crippen LogP contribution in [-0.2, 0) is 0 Å². The van der Waals surface area contributed by atoms with Crippen molar-refractivity contribution in [3.8, 4) is 0 Å². The summed E-state index contributed by atoms with van der Waals surface area (Å²) in [6.45, 7) is 1.86. The van der Waals surface area contributed by atoms with Crippen LogP contribution in [0.25, 0.3) is 0 Å². The van der Waals surface area contributed by atoms with Gasteiger partial charge in [-0.25, -0.2) is 0 Å². The first-order valence-corrected chi connectivity index (χ1v) is 5.43. The molecule has 5 nitrogen and oxygen atoms in total. The molecule has 1 heterocycles. The van der Waals surface area contributed by atoms with E-state index in [-0.39, 0.29) is 5.28 Å². The predicted molar refractivity (Wildman–Crippen MR) is 59.0 cm³/mol. The Morgan fingerprint density at radius 1 is 1.60 bits per heavy atom. The molecule has 1 fully saturated rings. The Morgan fingerprint density at radius 2 is 2.40 bits per heavy atom. The number of anilines is 1. The van der Waals surface area contributed by atoms with Gasteiger partial charge in [0.15, 0.2) is 0 Å². The second-order valence-electron chi connectivity index (χ2n) is 3.75. The lowest BCUT2D eigenvalue weighted by molar-refractivity contribution is 0.337. The molecule has 0 radical (unpaired) electrons. The van der Waals surface area contributed by atoms with Crippen molar-refractivity contribution >= 4 is 17.4 Å². The summed E-state index contributed by atoms with van der Waals surface area (Å²) in [5.41, 5.74) is 0. The van der Waals surface area contributed by atoms with Crippen molar-refractivity contribution < 1.29 is 0 Å². The molecule has 6 heteroatoms. The van der Waals surface area contributed by atoms with Gasteiger partial charge in [0.05, 0.1) is 6.20 Å². The van der Waals surface area contributed by atoms with Gasteiger partial charge in [0.1, 0.15) is 5.82 Å². The number of nitrogens with zero attached hydrogens (tertiary/aromatic N) is 4. The predicted octanol–water partition coefficient (Wildman–Crippen LogP) is 1.03.